The summed E-state index contributed by atoms with van der Waals surface area (Å²) in [5, 5.41) is 8.93. The third-order valence-electron chi connectivity index (χ3n) is 2.66. The quantitative estimate of drug-likeness (QED) is 0.774. The highest BCUT2D eigenvalue weighted by Crippen LogP contribution is 2.28. The Morgan fingerprint density at radius 3 is 2.45 bits per heavy atom. The zero-order valence-electron chi connectivity index (χ0n) is 11.4. The van der Waals surface area contributed by atoms with Gasteiger partial charge < -0.3 is 14.6 Å². The van der Waals surface area contributed by atoms with Crippen molar-refractivity contribution >= 4 is 16.0 Å². The molecule has 112 valence electrons. The zero-order chi connectivity index (χ0) is 15.3. The molecule has 0 amide bonds. The first-order valence-corrected chi connectivity index (χ1v) is 7.31. The molecule has 0 radical (unpaired) electrons. The maximum atomic E-state index is 12.2. The molecule has 2 N–H and O–H groups in total. The van der Waals surface area contributed by atoms with Crippen LogP contribution in [0.1, 0.15) is 13.3 Å². The number of ether oxygens (including phenoxy) is 2. The summed E-state index contributed by atoms with van der Waals surface area (Å²) in [6, 6.07) is 3.06. The molecule has 1 aromatic rings. The molecule has 0 aliphatic rings. The van der Waals surface area contributed by atoms with Gasteiger partial charge in [-0.15, -0.1) is 0 Å². The minimum Gasteiger partial charge on any atom is -0.497 e. The van der Waals surface area contributed by atoms with E-state index < -0.39 is 22.0 Å². The molecule has 0 aliphatic carbocycles. The number of rotatable bonds is 7. The summed E-state index contributed by atoms with van der Waals surface area (Å²) >= 11 is 0. The lowest BCUT2D eigenvalue weighted by Crippen LogP contribution is -2.40. The number of carboxylic acids is 1. The van der Waals surface area contributed by atoms with E-state index >= 15 is 0 Å². The Balaban J connectivity index is 3.23. The van der Waals surface area contributed by atoms with Crippen molar-refractivity contribution in [2.75, 3.05) is 14.2 Å². The van der Waals surface area contributed by atoms with Gasteiger partial charge in [0.2, 0.25) is 10.0 Å². The van der Waals surface area contributed by atoms with E-state index in [9.17, 15) is 13.2 Å². The van der Waals surface area contributed by atoms with Crippen molar-refractivity contribution < 1.29 is 27.8 Å². The minimum absolute atomic E-state index is 0.110. The smallest absolute Gasteiger partial charge is 0.321 e. The molecule has 1 atom stereocenters. The van der Waals surface area contributed by atoms with Crippen molar-refractivity contribution in [3.8, 4) is 11.5 Å². The number of carboxylic acid groups (broad SMARTS) is 1. The lowest BCUT2D eigenvalue weighted by Gasteiger charge is -2.15. The molecule has 20 heavy (non-hydrogen) atoms. The van der Waals surface area contributed by atoms with Crippen molar-refractivity contribution in [3.63, 3.8) is 0 Å². The minimum atomic E-state index is -4.03. The number of aliphatic carboxylic acids is 1. The Hall–Kier alpha value is -1.80. The maximum absolute atomic E-state index is 12.2. The van der Waals surface area contributed by atoms with Gasteiger partial charge in [-0.25, -0.2) is 8.42 Å². The second-order valence-electron chi connectivity index (χ2n) is 3.94. The van der Waals surface area contributed by atoms with E-state index in [1.807, 2.05) is 0 Å². The largest absolute Gasteiger partial charge is 0.497 e. The number of benzene rings is 1. The molecule has 0 bridgehead atoms. The topological polar surface area (TPSA) is 102 Å². The van der Waals surface area contributed by atoms with Crippen molar-refractivity contribution in [1.82, 2.24) is 4.72 Å². The molecule has 0 fully saturated rings. The van der Waals surface area contributed by atoms with E-state index in [1.54, 1.807) is 13.0 Å². The predicted molar refractivity (Wildman–Crippen MR) is 71.6 cm³/mol. The van der Waals surface area contributed by atoms with Crippen molar-refractivity contribution in [2.45, 2.75) is 24.3 Å². The van der Waals surface area contributed by atoms with Gasteiger partial charge >= 0.3 is 5.97 Å². The standard InChI is InChI=1S/C12H17NO6S/c1-4-9(12(14)15)13-20(16,17)11-7-8(18-2)5-6-10(11)19-3/h5-7,9,13H,4H2,1-3H3,(H,14,15)/t9-/m0/s1. The zero-order valence-corrected chi connectivity index (χ0v) is 12.2. The highest BCUT2D eigenvalue weighted by molar-refractivity contribution is 7.89. The second kappa shape index (κ2) is 6.58. The van der Waals surface area contributed by atoms with Gasteiger partial charge in [-0.2, -0.15) is 4.72 Å². The molecular formula is C12H17NO6S. The van der Waals surface area contributed by atoms with Crippen LogP contribution in [0.3, 0.4) is 0 Å². The van der Waals surface area contributed by atoms with Crippen LogP contribution in [-0.2, 0) is 14.8 Å². The third-order valence-corrected chi connectivity index (χ3v) is 4.16. The molecular weight excluding hydrogens is 286 g/mol. The molecule has 1 rings (SSSR count). The van der Waals surface area contributed by atoms with Gasteiger partial charge in [-0.05, 0) is 18.6 Å². The van der Waals surface area contributed by atoms with Crippen LogP contribution in [0.25, 0.3) is 0 Å². The van der Waals surface area contributed by atoms with Crippen molar-refractivity contribution in [2.24, 2.45) is 0 Å². The fourth-order valence-electron chi connectivity index (χ4n) is 1.55. The van der Waals surface area contributed by atoms with Crippen LogP contribution in [0.4, 0.5) is 0 Å². The van der Waals surface area contributed by atoms with Gasteiger partial charge in [0.1, 0.15) is 22.4 Å². The molecule has 7 nitrogen and oxygen atoms in total. The molecule has 0 aromatic heterocycles. The fraction of sp³-hybridized carbons (Fsp3) is 0.417. The van der Waals surface area contributed by atoms with Gasteiger partial charge in [-0.3, -0.25) is 4.79 Å². The number of carbonyl (C=O) groups is 1. The Kier molecular flexibility index (Phi) is 5.34. The molecule has 0 aliphatic heterocycles. The predicted octanol–water partition coefficient (Wildman–Crippen LogP) is 0.845. The van der Waals surface area contributed by atoms with E-state index in [-0.39, 0.29) is 17.1 Å². The van der Waals surface area contributed by atoms with Crippen LogP contribution in [0, 0.1) is 0 Å². The van der Waals surface area contributed by atoms with Crippen LogP contribution in [0.2, 0.25) is 0 Å². The van der Waals surface area contributed by atoms with Gasteiger partial charge in [-0.1, -0.05) is 6.92 Å². The summed E-state index contributed by atoms with van der Waals surface area (Å²) in [5.74, 6) is -0.800. The van der Waals surface area contributed by atoms with Gasteiger partial charge in [0.05, 0.1) is 14.2 Å². The number of sulfonamides is 1. The summed E-state index contributed by atoms with van der Waals surface area (Å²) in [4.78, 5) is 10.8. The number of hydrogen-bond acceptors (Lipinski definition) is 5. The normalized spacial score (nSPS) is 12.8. The number of hydrogen-bond donors (Lipinski definition) is 2. The Bertz CT molecular complexity index is 584. The number of nitrogens with one attached hydrogen (secondary N) is 1. The highest BCUT2D eigenvalue weighted by Gasteiger charge is 2.26. The molecule has 0 saturated carbocycles. The maximum Gasteiger partial charge on any atom is 0.321 e. The van der Waals surface area contributed by atoms with Crippen molar-refractivity contribution in [3.05, 3.63) is 18.2 Å². The molecule has 0 heterocycles. The van der Waals surface area contributed by atoms with Crippen LogP contribution >= 0.6 is 0 Å². The second-order valence-corrected chi connectivity index (χ2v) is 5.62. The van der Waals surface area contributed by atoms with Crippen LogP contribution in [0.5, 0.6) is 11.5 Å². The van der Waals surface area contributed by atoms with E-state index in [0.717, 1.165) is 0 Å². The van der Waals surface area contributed by atoms with Gasteiger partial charge in [0.15, 0.2) is 0 Å². The Morgan fingerprint density at radius 2 is 2.00 bits per heavy atom. The van der Waals surface area contributed by atoms with E-state index in [1.165, 1.54) is 26.4 Å². The van der Waals surface area contributed by atoms with Crippen LogP contribution < -0.4 is 14.2 Å². The first-order valence-electron chi connectivity index (χ1n) is 5.82. The molecule has 1 aromatic carbocycles. The Labute approximate surface area is 117 Å². The monoisotopic (exact) mass is 303 g/mol. The number of methoxy groups -OCH3 is 2. The van der Waals surface area contributed by atoms with E-state index in [0.29, 0.717) is 5.75 Å². The third kappa shape index (κ3) is 3.61. The molecule has 0 unspecified atom stereocenters. The summed E-state index contributed by atoms with van der Waals surface area (Å²) < 4.78 is 36.6. The lowest BCUT2D eigenvalue weighted by atomic mass is 10.2. The summed E-state index contributed by atoms with van der Waals surface area (Å²) in [5.41, 5.74) is 0. The molecule has 0 spiro atoms. The van der Waals surface area contributed by atoms with E-state index in [2.05, 4.69) is 4.72 Å². The highest BCUT2D eigenvalue weighted by atomic mass is 32.2. The molecule has 0 saturated heterocycles. The summed E-state index contributed by atoms with van der Waals surface area (Å²) in [6.45, 7) is 1.57. The summed E-state index contributed by atoms with van der Waals surface area (Å²) in [7, 11) is -1.30. The van der Waals surface area contributed by atoms with E-state index in [4.69, 9.17) is 14.6 Å². The first-order chi connectivity index (χ1) is 9.35. The SMILES string of the molecule is CC[C@H](NS(=O)(=O)c1cc(OC)ccc1OC)C(=O)O. The first kappa shape index (κ1) is 16.3. The Morgan fingerprint density at radius 1 is 1.35 bits per heavy atom. The average molecular weight is 303 g/mol. The molecule has 8 heteroatoms. The van der Waals surface area contributed by atoms with Gasteiger partial charge in [0, 0.05) is 6.07 Å². The van der Waals surface area contributed by atoms with Crippen LogP contribution in [0.15, 0.2) is 23.1 Å². The lowest BCUT2D eigenvalue weighted by molar-refractivity contribution is -0.139. The van der Waals surface area contributed by atoms with Crippen LogP contribution in [-0.4, -0.2) is 39.8 Å². The van der Waals surface area contributed by atoms with Gasteiger partial charge in [0.25, 0.3) is 0 Å². The fourth-order valence-corrected chi connectivity index (χ4v) is 3.01. The average Bonchev–Trinajstić information content (AvgIpc) is 2.43. The summed E-state index contributed by atoms with van der Waals surface area (Å²) in [6.07, 6.45) is 0.126. The van der Waals surface area contributed by atoms with Crippen molar-refractivity contribution in [1.29, 1.82) is 0 Å².